The van der Waals surface area contributed by atoms with Gasteiger partial charge in [0, 0.05) is 25.2 Å². The van der Waals surface area contributed by atoms with Crippen LogP contribution in [0.25, 0.3) is 0 Å². The minimum Gasteiger partial charge on any atom is -0.335 e. The van der Waals surface area contributed by atoms with Crippen LogP contribution < -0.4 is 10.0 Å². The molecule has 1 saturated heterocycles. The van der Waals surface area contributed by atoms with E-state index in [1.807, 2.05) is 0 Å². The normalized spacial score (nSPS) is 31.0. The first-order chi connectivity index (χ1) is 9.85. The van der Waals surface area contributed by atoms with E-state index in [0.29, 0.717) is 19.0 Å². The van der Waals surface area contributed by atoms with Gasteiger partial charge < -0.3 is 10.2 Å². The fourth-order valence-corrected chi connectivity index (χ4v) is 4.14. The highest BCUT2D eigenvalue weighted by atomic mass is 32.2. The van der Waals surface area contributed by atoms with Crippen LogP contribution in [-0.4, -0.2) is 50.8 Å². The van der Waals surface area contributed by atoms with Crippen LogP contribution in [0.5, 0.6) is 0 Å². The summed E-state index contributed by atoms with van der Waals surface area (Å²) in [4.78, 5) is 14.1. The average molecular weight is 317 g/mol. The van der Waals surface area contributed by atoms with Crippen molar-refractivity contribution in [3.8, 4) is 0 Å². The van der Waals surface area contributed by atoms with Crippen LogP contribution in [-0.2, 0) is 10.0 Å². The molecular formula is C14H27N3O3S. The maximum Gasteiger partial charge on any atom is 0.317 e. The van der Waals surface area contributed by atoms with Gasteiger partial charge in [0.25, 0.3) is 0 Å². The molecule has 0 radical (unpaired) electrons. The summed E-state index contributed by atoms with van der Waals surface area (Å²) in [5.74, 6) is 0.525. The summed E-state index contributed by atoms with van der Waals surface area (Å²) < 4.78 is 25.2. The molecule has 0 unspecified atom stereocenters. The molecule has 1 saturated carbocycles. The first kappa shape index (κ1) is 16.5. The number of carbonyl (C=O) groups excluding carboxylic acids is 1. The Morgan fingerprint density at radius 2 is 1.86 bits per heavy atom. The van der Waals surface area contributed by atoms with Crippen molar-refractivity contribution in [3.05, 3.63) is 0 Å². The van der Waals surface area contributed by atoms with Crippen LogP contribution in [0.1, 0.15) is 45.4 Å². The predicted molar refractivity (Wildman–Crippen MR) is 82.5 cm³/mol. The minimum absolute atomic E-state index is 0.0475. The molecule has 2 aliphatic rings. The van der Waals surface area contributed by atoms with Gasteiger partial charge in [-0.2, -0.15) is 0 Å². The number of urea groups is 1. The third-order valence-corrected chi connectivity index (χ3v) is 5.27. The molecule has 2 amide bonds. The number of nitrogens with one attached hydrogen (secondary N) is 2. The zero-order valence-electron chi connectivity index (χ0n) is 13.0. The quantitative estimate of drug-likeness (QED) is 0.823. The fourth-order valence-electron chi connectivity index (χ4n) is 3.34. The molecule has 122 valence electrons. The zero-order chi connectivity index (χ0) is 15.5. The lowest BCUT2D eigenvalue weighted by atomic mass is 9.86. The molecule has 0 bridgehead atoms. The molecule has 3 atom stereocenters. The van der Waals surface area contributed by atoms with Gasteiger partial charge >= 0.3 is 6.03 Å². The summed E-state index contributed by atoms with van der Waals surface area (Å²) >= 11 is 0. The van der Waals surface area contributed by atoms with Gasteiger partial charge in [-0.15, -0.1) is 0 Å². The van der Waals surface area contributed by atoms with Crippen LogP contribution in [0.2, 0.25) is 0 Å². The average Bonchev–Trinajstić information content (AvgIpc) is 2.39. The minimum atomic E-state index is -3.22. The second-order valence-corrected chi connectivity index (χ2v) is 8.27. The van der Waals surface area contributed by atoms with Crippen LogP contribution in [0.3, 0.4) is 0 Å². The molecule has 2 fully saturated rings. The van der Waals surface area contributed by atoms with Gasteiger partial charge in [-0.1, -0.05) is 19.8 Å². The van der Waals surface area contributed by atoms with Crippen molar-refractivity contribution >= 4 is 16.1 Å². The Hall–Kier alpha value is -0.820. The fraction of sp³-hybridized carbons (Fsp3) is 0.929. The van der Waals surface area contributed by atoms with Crippen molar-refractivity contribution in [2.75, 3.05) is 19.3 Å². The Labute approximate surface area is 127 Å². The molecule has 0 spiro atoms. The van der Waals surface area contributed by atoms with Crippen molar-refractivity contribution in [2.24, 2.45) is 5.92 Å². The van der Waals surface area contributed by atoms with E-state index in [4.69, 9.17) is 0 Å². The number of piperidine rings is 1. The van der Waals surface area contributed by atoms with Crippen LogP contribution in [0, 0.1) is 5.92 Å². The van der Waals surface area contributed by atoms with E-state index >= 15 is 0 Å². The van der Waals surface area contributed by atoms with E-state index in [1.165, 1.54) is 19.3 Å². The maximum absolute atomic E-state index is 12.4. The number of hydrogen-bond acceptors (Lipinski definition) is 3. The van der Waals surface area contributed by atoms with Gasteiger partial charge in [0.2, 0.25) is 10.0 Å². The third kappa shape index (κ3) is 5.14. The van der Waals surface area contributed by atoms with Crippen molar-refractivity contribution in [1.82, 2.24) is 14.9 Å². The number of amides is 2. The van der Waals surface area contributed by atoms with Crippen molar-refractivity contribution in [3.63, 3.8) is 0 Å². The van der Waals surface area contributed by atoms with E-state index in [0.717, 1.165) is 25.5 Å². The van der Waals surface area contributed by atoms with Gasteiger partial charge in [0.1, 0.15) is 0 Å². The largest absolute Gasteiger partial charge is 0.335 e. The summed E-state index contributed by atoms with van der Waals surface area (Å²) in [7, 11) is -3.22. The van der Waals surface area contributed by atoms with E-state index in [2.05, 4.69) is 17.0 Å². The Morgan fingerprint density at radius 3 is 2.52 bits per heavy atom. The van der Waals surface area contributed by atoms with E-state index in [1.54, 1.807) is 4.90 Å². The molecule has 7 heteroatoms. The number of sulfonamides is 1. The molecule has 1 aliphatic carbocycles. The number of likely N-dealkylation sites (tertiary alicyclic amines) is 1. The second kappa shape index (κ2) is 6.96. The van der Waals surface area contributed by atoms with Crippen molar-refractivity contribution in [1.29, 1.82) is 0 Å². The van der Waals surface area contributed by atoms with Crippen LogP contribution in [0.4, 0.5) is 4.79 Å². The Kier molecular flexibility index (Phi) is 5.48. The molecule has 21 heavy (non-hydrogen) atoms. The highest BCUT2D eigenvalue weighted by Gasteiger charge is 2.28. The smallest absolute Gasteiger partial charge is 0.317 e. The first-order valence-corrected chi connectivity index (χ1v) is 9.77. The van der Waals surface area contributed by atoms with Crippen molar-refractivity contribution < 1.29 is 13.2 Å². The summed E-state index contributed by atoms with van der Waals surface area (Å²) in [5.41, 5.74) is 0. The number of rotatable bonds is 3. The summed E-state index contributed by atoms with van der Waals surface area (Å²) in [6, 6.07) is 0.0477. The zero-order valence-corrected chi connectivity index (χ0v) is 13.8. The molecule has 6 nitrogen and oxygen atoms in total. The Morgan fingerprint density at radius 1 is 1.14 bits per heavy atom. The lowest BCUT2D eigenvalue weighted by Gasteiger charge is -2.36. The molecule has 0 aromatic heterocycles. The summed E-state index contributed by atoms with van der Waals surface area (Å²) in [6.07, 6.45) is 7.42. The lowest BCUT2D eigenvalue weighted by Crippen LogP contribution is -2.54. The molecule has 0 aromatic rings. The van der Waals surface area contributed by atoms with Crippen molar-refractivity contribution in [2.45, 2.75) is 57.5 Å². The number of hydrogen-bond donors (Lipinski definition) is 2. The highest BCUT2D eigenvalue weighted by Crippen LogP contribution is 2.24. The second-order valence-electron chi connectivity index (χ2n) is 6.49. The van der Waals surface area contributed by atoms with E-state index in [9.17, 15) is 13.2 Å². The lowest BCUT2D eigenvalue weighted by molar-refractivity contribution is 0.165. The molecule has 1 aliphatic heterocycles. The Bertz CT molecular complexity index is 466. The van der Waals surface area contributed by atoms with Crippen LogP contribution in [0.15, 0.2) is 0 Å². The molecule has 2 rings (SSSR count). The molecule has 0 aromatic carbocycles. The van der Waals surface area contributed by atoms with Gasteiger partial charge in [-0.05, 0) is 31.6 Å². The standard InChI is InChI=1S/C14H27N3O3S/c1-11-6-3-4-8-13(11)15-14(18)17-9-5-7-12(10-17)16-21(2,19)20/h11-13,16H,3-10H2,1-2H3,(H,15,18)/t11-,12+,13+/m1/s1. The summed E-state index contributed by atoms with van der Waals surface area (Å²) in [6.45, 7) is 3.35. The van der Waals surface area contributed by atoms with Gasteiger partial charge in [-0.3, -0.25) is 0 Å². The number of nitrogens with zero attached hydrogens (tertiary/aromatic N) is 1. The Balaban J connectivity index is 1.86. The molecule has 2 N–H and O–H groups in total. The van der Waals surface area contributed by atoms with Gasteiger partial charge in [0.05, 0.1) is 6.26 Å². The SMILES string of the molecule is C[C@@H]1CCCC[C@@H]1NC(=O)N1CCC[C@H](NS(C)(=O)=O)C1. The molecular weight excluding hydrogens is 290 g/mol. The number of carbonyl (C=O) groups is 1. The van der Waals surface area contributed by atoms with E-state index in [-0.39, 0.29) is 18.1 Å². The predicted octanol–water partition coefficient (Wildman–Crippen LogP) is 1.29. The first-order valence-electron chi connectivity index (χ1n) is 7.88. The third-order valence-electron chi connectivity index (χ3n) is 4.51. The van der Waals surface area contributed by atoms with Crippen LogP contribution >= 0.6 is 0 Å². The summed E-state index contributed by atoms with van der Waals surface area (Å²) in [5, 5.41) is 3.13. The highest BCUT2D eigenvalue weighted by molar-refractivity contribution is 7.88. The maximum atomic E-state index is 12.4. The van der Waals surface area contributed by atoms with Gasteiger partial charge in [-0.25, -0.2) is 17.9 Å². The van der Waals surface area contributed by atoms with Gasteiger partial charge in [0.15, 0.2) is 0 Å². The topological polar surface area (TPSA) is 78.5 Å². The molecule has 1 heterocycles. The van der Waals surface area contributed by atoms with E-state index < -0.39 is 10.0 Å². The monoisotopic (exact) mass is 317 g/mol.